The molecule has 112 valence electrons. The number of hydrogen-bond donors (Lipinski definition) is 1. The number of benzene rings is 1. The molecule has 1 unspecified atom stereocenters. The molecule has 2 aromatic rings. The molecule has 2 rings (SSSR count). The van der Waals surface area contributed by atoms with Crippen molar-refractivity contribution in [2.75, 3.05) is 7.11 Å². The fourth-order valence-electron chi connectivity index (χ4n) is 1.90. The lowest BCUT2D eigenvalue weighted by Gasteiger charge is -2.12. The van der Waals surface area contributed by atoms with Crippen LogP contribution in [0.4, 0.5) is 13.2 Å². The van der Waals surface area contributed by atoms with E-state index in [9.17, 15) is 18.3 Å². The second kappa shape index (κ2) is 6.13. The average molecular weight is 297 g/mol. The zero-order valence-electron chi connectivity index (χ0n) is 11.3. The molecule has 3 nitrogen and oxygen atoms in total. The number of halogens is 3. The molecule has 0 saturated carbocycles. The summed E-state index contributed by atoms with van der Waals surface area (Å²) in [5, 5.41) is 10.1. The summed E-state index contributed by atoms with van der Waals surface area (Å²) in [6.45, 7) is 0. The van der Waals surface area contributed by atoms with E-state index in [-0.39, 0.29) is 6.42 Å². The summed E-state index contributed by atoms with van der Waals surface area (Å²) in [5.74, 6) is 0.513. The predicted molar refractivity (Wildman–Crippen MR) is 70.9 cm³/mol. The molecule has 1 aromatic carbocycles. The smallest absolute Gasteiger partial charge is 0.416 e. The monoisotopic (exact) mass is 297 g/mol. The molecule has 0 spiro atoms. The molecule has 0 bridgehead atoms. The highest BCUT2D eigenvalue weighted by Gasteiger charge is 2.29. The van der Waals surface area contributed by atoms with E-state index in [0.717, 1.165) is 12.1 Å². The summed E-state index contributed by atoms with van der Waals surface area (Å²) >= 11 is 0. The van der Waals surface area contributed by atoms with E-state index >= 15 is 0 Å². The Balaban J connectivity index is 2.10. The van der Waals surface area contributed by atoms with E-state index < -0.39 is 17.8 Å². The first-order valence-corrected chi connectivity index (χ1v) is 6.23. The third kappa shape index (κ3) is 3.95. The van der Waals surface area contributed by atoms with Crippen LogP contribution in [0.2, 0.25) is 0 Å². The molecule has 6 heteroatoms. The largest absolute Gasteiger partial charge is 0.495 e. The van der Waals surface area contributed by atoms with Crippen LogP contribution in [-0.2, 0) is 12.6 Å². The number of hydrogen-bond acceptors (Lipinski definition) is 3. The van der Waals surface area contributed by atoms with Crippen LogP contribution in [0, 0.1) is 0 Å². The highest BCUT2D eigenvalue weighted by Crippen LogP contribution is 2.30. The Bertz CT molecular complexity index is 597. The quantitative estimate of drug-likeness (QED) is 0.940. The predicted octanol–water partition coefficient (Wildman–Crippen LogP) is 3.39. The Morgan fingerprint density at radius 1 is 1.19 bits per heavy atom. The minimum Gasteiger partial charge on any atom is -0.495 e. The normalized spacial score (nSPS) is 13.0. The molecule has 0 saturated heterocycles. The number of aromatic nitrogens is 1. The Morgan fingerprint density at radius 3 is 2.43 bits per heavy atom. The van der Waals surface area contributed by atoms with Gasteiger partial charge in [0.1, 0.15) is 5.75 Å². The zero-order chi connectivity index (χ0) is 15.5. The Morgan fingerprint density at radius 2 is 1.86 bits per heavy atom. The molecule has 1 N–H and O–H groups in total. The molecule has 0 aliphatic rings. The van der Waals surface area contributed by atoms with Crippen LogP contribution in [-0.4, -0.2) is 17.2 Å². The lowest BCUT2D eigenvalue weighted by Crippen LogP contribution is -2.06. The van der Waals surface area contributed by atoms with Crippen molar-refractivity contribution in [1.29, 1.82) is 0 Å². The first-order chi connectivity index (χ1) is 9.90. The number of rotatable bonds is 4. The average Bonchev–Trinajstić information content (AvgIpc) is 2.47. The molecule has 0 aliphatic heterocycles. The minimum atomic E-state index is -4.35. The fourth-order valence-corrected chi connectivity index (χ4v) is 1.90. The van der Waals surface area contributed by atoms with Gasteiger partial charge >= 0.3 is 6.18 Å². The molecule has 21 heavy (non-hydrogen) atoms. The Labute approximate surface area is 120 Å². The van der Waals surface area contributed by atoms with E-state index in [1.165, 1.54) is 31.6 Å². The van der Waals surface area contributed by atoms with E-state index in [1.54, 1.807) is 6.07 Å². The maximum atomic E-state index is 12.5. The molecule has 0 fully saturated rings. The second-order valence-electron chi connectivity index (χ2n) is 4.57. The fraction of sp³-hybridized carbons (Fsp3) is 0.267. The van der Waals surface area contributed by atoms with Crippen molar-refractivity contribution in [3.63, 3.8) is 0 Å². The van der Waals surface area contributed by atoms with Crippen LogP contribution in [0.25, 0.3) is 0 Å². The Hall–Kier alpha value is -2.08. The maximum absolute atomic E-state index is 12.5. The number of alkyl halides is 3. The van der Waals surface area contributed by atoms with Crippen LogP contribution in [0.15, 0.2) is 42.7 Å². The van der Waals surface area contributed by atoms with Crippen molar-refractivity contribution in [3.8, 4) is 5.75 Å². The lowest BCUT2D eigenvalue weighted by molar-refractivity contribution is -0.137. The number of ether oxygens (including phenoxy) is 1. The summed E-state index contributed by atoms with van der Waals surface area (Å²) in [6.07, 6.45) is -2.00. The number of aliphatic hydroxyl groups is 1. The molecule has 1 aromatic heterocycles. The summed E-state index contributed by atoms with van der Waals surface area (Å²) in [4.78, 5) is 3.93. The van der Waals surface area contributed by atoms with Gasteiger partial charge in [0.05, 0.1) is 25.0 Å². The number of methoxy groups -OCH3 is 1. The van der Waals surface area contributed by atoms with Crippen molar-refractivity contribution in [3.05, 3.63) is 59.4 Å². The zero-order valence-corrected chi connectivity index (χ0v) is 11.3. The van der Waals surface area contributed by atoms with Crippen molar-refractivity contribution in [1.82, 2.24) is 4.98 Å². The Kier molecular flexibility index (Phi) is 4.47. The molecular formula is C15H14F3NO2. The third-order valence-electron chi connectivity index (χ3n) is 3.07. The van der Waals surface area contributed by atoms with Gasteiger partial charge in [-0.2, -0.15) is 13.2 Å². The molecule has 1 heterocycles. The molecule has 1 atom stereocenters. The van der Waals surface area contributed by atoms with E-state index in [0.29, 0.717) is 16.9 Å². The van der Waals surface area contributed by atoms with Crippen LogP contribution in [0.3, 0.4) is 0 Å². The molecule has 0 aliphatic carbocycles. The lowest BCUT2D eigenvalue weighted by atomic mass is 10.0. The van der Waals surface area contributed by atoms with Gasteiger partial charge in [0.2, 0.25) is 0 Å². The third-order valence-corrected chi connectivity index (χ3v) is 3.07. The van der Waals surface area contributed by atoms with Gasteiger partial charge in [-0.3, -0.25) is 4.98 Å². The van der Waals surface area contributed by atoms with Gasteiger partial charge in [-0.1, -0.05) is 12.1 Å². The van der Waals surface area contributed by atoms with E-state index in [1.807, 2.05) is 0 Å². The van der Waals surface area contributed by atoms with Crippen LogP contribution in [0.1, 0.15) is 22.8 Å². The highest BCUT2D eigenvalue weighted by atomic mass is 19.4. The summed E-state index contributed by atoms with van der Waals surface area (Å²) < 4.78 is 42.4. The van der Waals surface area contributed by atoms with Gasteiger partial charge < -0.3 is 9.84 Å². The van der Waals surface area contributed by atoms with E-state index in [4.69, 9.17) is 4.74 Å². The molecule has 0 radical (unpaired) electrons. The number of nitrogens with zero attached hydrogens (tertiary/aromatic N) is 1. The van der Waals surface area contributed by atoms with Crippen LogP contribution >= 0.6 is 0 Å². The van der Waals surface area contributed by atoms with Crippen LogP contribution in [0.5, 0.6) is 5.75 Å². The maximum Gasteiger partial charge on any atom is 0.416 e. The van der Waals surface area contributed by atoms with Gasteiger partial charge in [-0.15, -0.1) is 0 Å². The topological polar surface area (TPSA) is 42.4 Å². The van der Waals surface area contributed by atoms with Crippen LogP contribution < -0.4 is 4.74 Å². The van der Waals surface area contributed by atoms with Crippen molar-refractivity contribution >= 4 is 0 Å². The number of aliphatic hydroxyl groups excluding tert-OH is 1. The molecule has 0 amide bonds. The summed E-state index contributed by atoms with van der Waals surface area (Å²) in [7, 11) is 1.49. The van der Waals surface area contributed by atoms with Gasteiger partial charge in [0, 0.05) is 18.2 Å². The summed E-state index contributed by atoms with van der Waals surface area (Å²) in [6, 6.07) is 6.37. The van der Waals surface area contributed by atoms with Gasteiger partial charge in [-0.25, -0.2) is 0 Å². The van der Waals surface area contributed by atoms with Crippen molar-refractivity contribution in [2.45, 2.75) is 18.7 Å². The molecular weight excluding hydrogens is 283 g/mol. The van der Waals surface area contributed by atoms with Crippen molar-refractivity contribution < 1.29 is 23.0 Å². The first kappa shape index (κ1) is 15.3. The highest BCUT2D eigenvalue weighted by molar-refractivity contribution is 5.29. The van der Waals surface area contributed by atoms with E-state index in [2.05, 4.69) is 4.98 Å². The van der Waals surface area contributed by atoms with Gasteiger partial charge in [0.25, 0.3) is 0 Å². The van der Waals surface area contributed by atoms with Gasteiger partial charge in [-0.05, 0) is 23.8 Å². The number of pyridine rings is 1. The first-order valence-electron chi connectivity index (χ1n) is 6.23. The minimum absolute atomic E-state index is 0.201. The standard InChI is InChI=1S/C15H14F3NO2/c1-21-13-7-11(8-19-9-13)14(20)6-10-2-4-12(5-3-10)15(16,17)18/h2-5,7-9,14,20H,6H2,1H3. The second-order valence-corrected chi connectivity index (χ2v) is 4.57. The SMILES string of the molecule is COc1cncc(C(O)Cc2ccc(C(F)(F)F)cc2)c1. The summed E-state index contributed by atoms with van der Waals surface area (Å²) in [5.41, 5.74) is 0.455. The van der Waals surface area contributed by atoms with Gasteiger partial charge in [0.15, 0.2) is 0 Å². The van der Waals surface area contributed by atoms with Crippen molar-refractivity contribution in [2.24, 2.45) is 0 Å².